The molecule has 3 aromatic carbocycles. The number of pyridine rings is 2. The standard InChI is InChI=1S/C40H34N4/c1-2-9-24(10-3-1)25-19-20-41-36(22-25)43-34-16-7-5-13-29(34)31-23-30-28-12-4-6-15-33(28)42-35-18-17-27-21-26-11-8-14-32(26)40(41,37(27)35)44(38(30)42)39(31)43/h1-7,9-10,12-13,15-16,19-20,22-23,26-27,32,35,37H,8,11,14,17-18,21H2/q+2. The maximum atomic E-state index is 2.95. The van der Waals surface area contributed by atoms with Gasteiger partial charge in [-0.25, -0.2) is 4.57 Å². The summed E-state index contributed by atoms with van der Waals surface area (Å²) in [4.78, 5) is 0. The smallest absolute Gasteiger partial charge is 0.255 e. The summed E-state index contributed by atoms with van der Waals surface area (Å²) in [7, 11) is 0. The molecule has 3 fully saturated rings. The average molecular weight is 571 g/mol. The highest BCUT2D eigenvalue weighted by atomic mass is 15.4. The highest BCUT2D eigenvalue weighted by Gasteiger charge is 2.72. The van der Waals surface area contributed by atoms with Crippen molar-refractivity contribution in [2.24, 2.45) is 23.7 Å². The maximum absolute atomic E-state index is 2.95. The molecule has 6 heterocycles. The van der Waals surface area contributed by atoms with Crippen LogP contribution in [0.15, 0.2) is 103 Å². The Morgan fingerprint density at radius 3 is 2.30 bits per heavy atom. The molecule has 6 unspecified atom stereocenters. The van der Waals surface area contributed by atoms with Gasteiger partial charge in [-0.1, -0.05) is 73.2 Å². The largest absolute Gasteiger partial charge is 0.265 e. The molecule has 3 aliphatic carbocycles. The third kappa shape index (κ3) is 2.37. The monoisotopic (exact) mass is 570 g/mol. The van der Waals surface area contributed by atoms with Gasteiger partial charge in [-0.15, -0.1) is 0 Å². The van der Waals surface area contributed by atoms with Crippen LogP contribution in [0, 0.1) is 23.7 Å². The molecule has 0 radical (unpaired) electrons. The van der Waals surface area contributed by atoms with E-state index in [0.29, 0.717) is 17.9 Å². The third-order valence-electron chi connectivity index (χ3n) is 12.9. The summed E-state index contributed by atoms with van der Waals surface area (Å²) >= 11 is 0. The zero-order valence-corrected chi connectivity index (χ0v) is 24.7. The lowest BCUT2D eigenvalue weighted by atomic mass is 9.61. The predicted octanol–water partition coefficient (Wildman–Crippen LogP) is 8.05. The Hall–Kier alpha value is -4.44. The fourth-order valence-electron chi connectivity index (χ4n) is 11.7. The minimum atomic E-state index is -0.0949. The molecule has 0 N–H and O–H groups in total. The number of benzene rings is 3. The van der Waals surface area contributed by atoms with Crippen LogP contribution in [-0.4, -0.2) is 9.13 Å². The van der Waals surface area contributed by atoms with Crippen molar-refractivity contribution in [1.82, 2.24) is 9.13 Å². The second kappa shape index (κ2) is 7.61. The molecule has 6 atom stereocenters. The molecule has 0 amide bonds. The van der Waals surface area contributed by atoms with Crippen molar-refractivity contribution in [3.05, 3.63) is 103 Å². The lowest BCUT2D eigenvalue weighted by Gasteiger charge is -2.53. The number of hydrogen-bond donors (Lipinski definition) is 0. The van der Waals surface area contributed by atoms with Gasteiger partial charge in [0, 0.05) is 22.8 Å². The predicted molar refractivity (Wildman–Crippen MR) is 174 cm³/mol. The van der Waals surface area contributed by atoms with Gasteiger partial charge in [0.1, 0.15) is 11.0 Å². The molecular weight excluding hydrogens is 536 g/mol. The number of para-hydroxylation sites is 2. The molecule has 1 spiro atoms. The first-order valence-electron chi connectivity index (χ1n) is 16.9. The SMILES string of the molecule is c1ccc(-c2cc[n+]3c(c2)-n2c4ccccc4c4cc5c6ccccc6n6c5[n+](c42)C32C3CCCC3CC3CCC6C32)cc1. The van der Waals surface area contributed by atoms with Crippen LogP contribution in [0.3, 0.4) is 0 Å². The molecule has 212 valence electrons. The Morgan fingerprint density at radius 1 is 0.636 bits per heavy atom. The average Bonchev–Trinajstić information content (AvgIpc) is 3.86. The molecule has 7 aromatic rings. The zero-order valence-electron chi connectivity index (χ0n) is 24.7. The van der Waals surface area contributed by atoms with E-state index in [1.807, 2.05) is 0 Å². The van der Waals surface area contributed by atoms with E-state index in [-0.39, 0.29) is 5.66 Å². The minimum absolute atomic E-state index is 0.0949. The van der Waals surface area contributed by atoms with E-state index in [9.17, 15) is 0 Å². The van der Waals surface area contributed by atoms with E-state index in [1.165, 1.54) is 99.3 Å². The summed E-state index contributed by atoms with van der Waals surface area (Å²) in [6.07, 6.45) is 10.7. The van der Waals surface area contributed by atoms with Crippen LogP contribution in [0.4, 0.5) is 0 Å². The quantitative estimate of drug-likeness (QED) is 0.178. The first-order chi connectivity index (χ1) is 21.8. The van der Waals surface area contributed by atoms with Gasteiger partial charge in [0.25, 0.3) is 5.82 Å². The summed E-state index contributed by atoms with van der Waals surface area (Å²) in [5.41, 5.74) is 8.11. The van der Waals surface area contributed by atoms with E-state index in [0.717, 1.165) is 11.8 Å². The van der Waals surface area contributed by atoms with E-state index >= 15 is 0 Å². The fourth-order valence-corrected chi connectivity index (χ4v) is 11.7. The van der Waals surface area contributed by atoms with Gasteiger partial charge in [0.15, 0.2) is 0 Å². The van der Waals surface area contributed by atoms with Crippen LogP contribution < -0.4 is 9.13 Å². The second-order valence-electron chi connectivity index (χ2n) is 14.5. The van der Waals surface area contributed by atoms with Gasteiger partial charge in [0.05, 0.1) is 28.9 Å². The Labute approximate surface area is 255 Å². The van der Waals surface area contributed by atoms with E-state index in [2.05, 4.69) is 122 Å². The van der Waals surface area contributed by atoms with Crippen LogP contribution in [0.2, 0.25) is 0 Å². The summed E-state index contributed by atoms with van der Waals surface area (Å²) in [6.45, 7) is 0. The lowest BCUT2D eigenvalue weighted by Crippen LogP contribution is -2.86. The van der Waals surface area contributed by atoms with Gasteiger partial charge < -0.3 is 0 Å². The molecule has 0 saturated heterocycles. The van der Waals surface area contributed by atoms with Crippen molar-refractivity contribution >= 4 is 43.9 Å². The van der Waals surface area contributed by atoms with Gasteiger partial charge in [-0.3, -0.25) is 4.57 Å². The topological polar surface area (TPSA) is 17.6 Å². The number of nitrogens with zero attached hydrogens (tertiary/aromatic N) is 4. The second-order valence-corrected chi connectivity index (χ2v) is 14.5. The molecule has 44 heavy (non-hydrogen) atoms. The summed E-state index contributed by atoms with van der Waals surface area (Å²) < 4.78 is 11.2. The van der Waals surface area contributed by atoms with E-state index < -0.39 is 0 Å². The molecule has 2 aliphatic heterocycles. The van der Waals surface area contributed by atoms with Gasteiger partial charge in [0.2, 0.25) is 17.0 Å². The van der Waals surface area contributed by atoms with Crippen molar-refractivity contribution < 1.29 is 9.13 Å². The van der Waals surface area contributed by atoms with Crippen LogP contribution in [0.1, 0.15) is 44.6 Å². The molecule has 12 rings (SSSR count). The van der Waals surface area contributed by atoms with Crippen molar-refractivity contribution in [3.63, 3.8) is 0 Å². The number of aromatic nitrogens is 4. The summed E-state index contributed by atoms with van der Waals surface area (Å²) in [5, 5.41) is 5.62. The third-order valence-corrected chi connectivity index (χ3v) is 12.9. The van der Waals surface area contributed by atoms with Crippen molar-refractivity contribution in [1.29, 1.82) is 0 Å². The van der Waals surface area contributed by atoms with Crippen molar-refractivity contribution in [2.45, 2.75) is 50.2 Å². The van der Waals surface area contributed by atoms with Gasteiger partial charge in [-0.05, 0) is 79.3 Å². The summed E-state index contributed by atoms with van der Waals surface area (Å²) in [6, 6.07) is 37.5. The normalized spacial score (nSPS) is 29.1. The van der Waals surface area contributed by atoms with E-state index in [4.69, 9.17) is 0 Å². The summed E-state index contributed by atoms with van der Waals surface area (Å²) in [5.74, 6) is 4.14. The van der Waals surface area contributed by atoms with Crippen LogP contribution in [0.25, 0.3) is 60.8 Å². The van der Waals surface area contributed by atoms with Gasteiger partial charge >= 0.3 is 0 Å². The van der Waals surface area contributed by atoms with Crippen LogP contribution in [0.5, 0.6) is 0 Å². The lowest BCUT2D eigenvalue weighted by molar-refractivity contribution is -1.00. The van der Waals surface area contributed by atoms with E-state index in [1.54, 1.807) is 0 Å². The maximum Gasteiger partial charge on any atom is 0.265 e. The van der Waals surface area contributed by atoms with Crippen LogP contribution in [-0.2, 0) is 5.66 Å². The van der Waals surface area contributed by atoms with Crippen molar-refractivity contribution in [3.8, 4) is 16.9 Å². The van der Waals surface area contributed by atoms with Crippen molar-refractivity contribution in [2.75, 3.05) is 0 Å². The molecule has 4 nitrogen and oxygen atoms in total. The Morgan fingerprint density at radius 2 is 1.41 bits per heavy atom. The molecule has 4 heteroatoms. The minimum Gasteiger partial charge on any atom is -0.255 e. The molecule has 4 aromatic heterocycles. The molecule has 5 aliphatic rings. The molecule has 3 saturated carbocycles. The number of rotatable bonds is 1. The zero-order chi connectivity index (χ0) is 28.3. The first kappa shape index (κ1) is 23.0. The highest BCUT2D eigenvalue weighted by molar-refractivity contribution is 6.14. The Bertz CT molecular complexity index is 2400. The highest BCUT2D eigenvalue weighted by Crippen LogP contribution is 2.63. The first-order valence-corrected chi connectivity index (χ1v) is 16.9. The van der Waals surface area contributed by atoms with Gasteiger partial charge in [-0.2, -0.15) is 9.13 Å². The Kier molecular flexibility index (Phi) is 3.98. The fraction of sp³-hybridized carbons (Fsp3) is 0.300. The molecular formula is C40H34N4+2. The number of hydrogen-bond acceptors (Lipinski definition) is 0. The number of fused-ring (bicyclic) bond motifs is 10. The Balaban J connectivity index is 1.36. The molecule has 0 bridgehead atoms. The van der Waals surface area contributed by atoms with Crippen LogP contribution >= 0.6 is 0 Å².